The molecule has 0 fully saturated rings. The van der Waals surface area contributed by atoms with Crippen LogP contribution in [-0.2, 0) is 19.1 Å². The largest absolute Gasteiger partial charge is 0.423 e. The van der Waals surface area contributed by atoms with E-state index in [-0.39, 0.29) is 35.9 Å². The van der Waals surface area contributed by atoms with Crippen molar-refractivity contribution in [2.45, 2.75) is 26.7 Å². The number of hydrogen-bond acceptors (Lipinski definition) is 7. The van der Waals surface area contributed by atoms with Crippen LogP contribution >= 0.6 is 34.2 Å². The predicted molar refractivity (Wildman–Crippen MR) is 123 cm³/mol. The van der Waals surface area contributed by atoms with Gasteiger partial charge in [-0.3, -0.25) is 9.59 Å². The Morgan fingerprint density at radius 2 is 1.74 bits per heavy atom. The average molecular weight is 554 g/mol. The van der Waals surface area contributed by atoms with Crippen LogP contribution in [0.5, 0.6) is 11.5 Å². The van der Waals surface area contributed by atoms with Gasteiger partial charge in [-0.25, -0.2) is 9.79 Å². The summed E-state index contributed by atoms with van der Waals surface area (Å²) in [6.45, 7) is 3.30. The predicted octanol–water partition coefficient (Wildman–Crippen LogP) is 4.92. The summed E-state index contributed by atoms with van der Waals surface area (Å²) in [6, 6.07) is 9.86. The van der Waals surface area contributed by atoms with Crippen LogP contribution in [0, 0.1) is 3.57 Å². The molecule has 2 aromatic carbocycles. The molecule has 0 atom stereocenters. The molecular formula is C22H17ClINO6. The van der Waals surface area contributed by atoms with Crippen LogP contribution in [0.15, 0.2) is 47.1 Å². The third-order valence-electron chi connectivity index (χ3n) is 4.08. The molecule has 0 radical (unpaired) electrons. The lowest BCUT2D eigenvalue weighted by Gasteiger charge is -2.10. The molecule has 0 aliphatic carbocycles. The Morgan fingerprint density at radius 3 is 2.42 bits per heavy atom. The van der Waals surface area contributed by atoms with Gasteiger partial charge in [0.25, 0.3) is 0 Å². The summed E-state index contributed by atoms with van der Waals surface area (Å²) in [4.78, 5) is 40.0. The zero-order chi connectivity index (χ0) is 22.5. The van der Waals surface area contributed by atoms with E-state index in [1.807, 2.05) is 6.07 Å². The van der Waals surface area contributed by atoms with Crippen LogP contribution in [-0.4, -0.2) is 23.8 Å². The number of aliphatic imine (C=N–C) groups is 1. The fourth-order valence-corrected chi connectivity index (χ4v) is 3.20. The summed E-state index contributed by atoms with van der Waals surface area (Å²) < 4.78 is 16.7. The van der Waals surface area contributed by atoms with E-state index in [1.54, 1.807) is 32.0 Å². The van der Waals surface area contributed by atoms with E-state index in [0.717, 1.165) is 3.57 Å². The number of esters is 3. The molecule has 0 bridgehead atoms. The smallest absolute Gasteiger partial charge is 0.363 e. The van der Waals surface area contributed by atoms with Crippen molar-refractivity contribution >= 4 is 64.1 Å². The molecule has 1 aliphatic rings. The highest BCUT2D eigenvalue weighted by molar-refractivity contribution is 14.1. The summed E-state index contributed by atoms with van der Waals surface area (Å²) in [7, 11) is 0. The molecule has 0 saturated heterocycles. The highest BCUT2D eigenvalue weighted by atomic mass is 127. The Morgan fingerprint density at radius 1 is 1.06 bits per heavy atom. The van der Waals surface area contributed by atoms with E-state index >= 15 is 0 Å². The summed E-state index contributed by atoms with van der Waals surface area (Å²) in [5, 5.41) is 0.407. The SMILES string of the molecule is CCC(=O)Oc1ccc(/C=C2/N=C(c3cc(I)ccc3Cl)OC2=O)cc1OC(=O)CC. The van der Waals surface area contributed by atoms with Gasteiger partial charge in [0.2, 0.25) is 5.90 Å². The molecule has 1 aliphatic heterocycles. The van der Waals surface area contributed by atoms with Crippen LogP contribution in [0.2, 0.25) is 5.02 Å². The minimum absolute atomic E-state index is 0.0519. The Balaban J connectivity index is 1.96. The van der Waals surface area contributed by atoms with E-state index in [2.05, 4.69) is 27.6 Å². The number of hydrogen-bond donors (Lipinski definition) is 0. The summed E-state index contributed by atoms with van der Waals surface area (Å²) in [5.41, 5.74) is 1.06. The van der Waals surface area contributed by atoms with Crippen LogP contribution in [0.3, 0.4) is 0 Å². The molecule has 31 heavy (non-hydrogen) atoms. The first-order valence-corrected chi connectivity index (χ1v) is 10.8. The molecule has 3 rings (SSSR count). The minimum atomic E-state index is -0.640. The van der Waals surface area contributed by atoms with Crippen molar-refractivity contribution in [1.82, 2.24) is 0 Å². The number of halogens is 2. The molecule has 0 amide bonds. The van der Waals surface area contributed by atoms with Gasteiger partial charge >= 0.3 is 17.9 Å². The van der Waals surface area contributed by atoms with Crippen LogP contribution < -0.4 is 9.47 Å². The zero-order valence-electron chi connectivity index (χ0n) is 16.6. The Hall–Kier alpha value is -2.72. The molecule has 7 nitrogen and oxygen atoms in total. The van der Waals surface area contributed by atoms with Crippen LogP contribution in [0.1, 0.15) is 37.8 Å². The molecule has 0 N–H and O–H groups in total. The fourth-order valence-electron chi connectivity index (χ4n) is 2.51. The molecule has 2 aromatic rings. The number of carbonyl (C=O) groups is 3. The van der Waals surface area contributed by atoms with E-state index < -0.39 is 17.9 Å². The molecular weight excluding hydrogens is 537 g/mol. The number of ether oxygens (including phenoxy) is 3. The first kappa shape index (κ1) is 23.0. The van der Waals surface area contributed by atoms with Crippen molar-refractivity contribution < 1.29 is 28.6 Å². The Bertz CT molecular complexity index is 1120. The lowest BCUT2D eigenvalue weighted by atomic mass is 10.1. The third kappa shape index (κ3) is 5.71. The molecule has 0 unspecified atom stereocenters. The minimum Gasteiger partial charge on any atom is -0.423 e. The topological polar surface area (TPSA) is 91.3 Å². The van der Waals surface area contributed by atoms with Gasteiger partial charge in [-0.1, -0.05) is 31.5 Å². The molecule has 1 heterocycles. The standard InChI is InChI=1S/C22H17ClINO6/c1-3-19(26)29-17-8-5-12(10-18(17)30-20(27)4-2)9-16-22(28)31-21(25-16)14-11-13(24)6-7-15(14)23/h5-11H,3-4H2,1-2H3/b16-9+. The van der Waals surface area contributed by atoms with Crippen molar-refractivity contribution in [2.75, 3.05) is 0 Å². The first-order chi connectivity index (χ1) is 14.8. The van der Waals surface area contributed by atoms with E-state index in [0.29, 0.717) is 16.1 Å². The van der Waals surface area contributed by atoms with Gasteiger partial charge in [-0.2, -0.15) is 0 Å². The van der Waals surface area contributed by atoms with Crippen molar-refractivity contribution in [3.63, 3.8) is 0 Å². The van der Waals surface area contributed by atoms with Gasteiger partial charge in [0.05, 0.1) is 10.6 Å². The molecule has 9 heteroatoms. The van der Waals surface area contributed by atoms with Gasteiger partial charge in [0, 0.05) is 16.4 Å². The van der Waals surface area contributed by atoms with E-state index in [4.69, 9.17) is 25.8 Å². The summed E-state index contributed by atoms with van der Waals surface area (Å²) >= 11 is 8.32. The van der Waals surface area contributed by atoms with Crippen molar-refractivity contribution in [3.05, 3.63) is 61.8 Å². The number of rotatable bonds is 6. The lowest BCUT2D eigenvalue weighted by molar-refractivity contribution is -0.136. The maximum atomic E-state index is 12.3. The highest BCUT2D eigenvalue weighted by Gasteiger charge is 2.26. The second-order valence-corrected chi connectivity index (χ2v) is 7.97. The summed E-state index contributed by atoms with van der Waals surface area (Å²) in [6.07, 6.45) is 1.78. The number of benzene rings is 2. The zero-order valence-corrected chi connectivity index (χ0v) is 19.5. The normalized spacial score (nSPS) is 14.3. The first-order valence-electron chi connectivity index (χ1n) is 9.34. The molecule has 0 aromatic heterocycles. The van der Waals surface area contributed by atoms with Crippen LogP contribution in [0.25, 0.3) is 6.08 Å². The second-order valence-electron chi connectivity index (χ2n) is 6.32. The number of cyclic esters (lactones) is 1. The molecule has 0 spiro atoms. The lowest BCUT2D eigenvalue weighted by Crippen LogP contribution is -2.10. The number of carbonyl (C=O) groups excluding carboxylic acids is 3. The van der Waals surface area contributed by atoms with Crippen molar-refractivity contribution in [2.24, 2.45) is 4.99 Å². The quantitative estimate of drug-likeness (QED) is 0.218. The fraction of sp³-hybridized carbons (Fsp3) is 0.182. The second kappa shape index (κ2) is 10.1. The van der Waals surface area contributed by atoms with Gasteiger partial charge in [-0.15, -0.1) is 0 Å². The van der Waals surface area contributed by atoms with Gasteiger partial charge < -0.3 is 14.2 Å². The molecule has 160 valence electrons. The molecule has 0 saturated carbocycles. The van der Waals surface area contributed by atoms with Crippen molar-refractivity contribution in [3.8, 4) is 11.5 Å². The van der Waals surface area contributed by atoms with Gasteiger partial charge in [0.1, 0.15) is 0 Å². The maximum absolute atomic E-state index is 12.3. The van der Waals surface area contributed by atoms with E-state index in [9.17, 15) is 14.4 Å². The van der Waals surface area contributed by atoms with Crippen LogP contribution in [0.4, 0.5) is 0 Å². The van der Waals surface area contributed by atoms with E-state index in [1.165, 1.54) is 18.2 Å². The Kier molecular flexibility index (Phi) is 7.45. The maximum Gasteiger partial charge on any atom is 0.363 e. The monoisotopic (exact) mass is 553 g/mol. The Labute approximate surface area is 197 Å². The van der Waals surface area contributed by atoms with Gasteiger partial charge in [-0.05, 0) is 64.6 Å². The van der Waals surface area contributed by atoms with Crippen molar-refractivity contribution in [1.29, 1.82) is 0 Å². The third-order valence-corrected chi connectivity index (χ3v) is 5.08. The average Bonchev–Trinajstić information content (AvgIpc) is 3.11. The number of nitrogens with zero attached hydrogens (tertiary/aromatic N) is 1. The highest BCUT2D eigenvalue weighted by Crippen LogP contribution is 2.31. The van der Waals surface area contributed by atoms with Gasteiger partial charge in [0.15, 0.2) is 17.2 Å². The summed E-state index contributed by atoms with van der Waals surface area (Å²) in [5.74, 6) is -1.32.